The molecule has 3 aromatic heterocycles. The molecule has 0 saturated heterocycles. The highest BCUT2D eigenvalue weighted by Crippen LogP contribution is 2.25. The fourth-order valence-electron chi connectivity index (χ4n) is 2.80. The average molecular weight is 328 g/mol. The van der Waals surface area contributed by atoms with E-state index in [2.05, 4.69) is 20.3 Å². The van der Waals surface area contributed by atoms with E-state index in [0.717, 1.165) is 22.1 Å². The normalized spacial score (nSPS) is 10.8. The van der Waals surface area contributed by atoms with Crippen molar-refractivity contribution in [3.05, 3.63) is 78.4 Å². The summed E-state index contributed by atoms with van der Waals surface area (Å²) in [5.41, 5.74) is 4.94. The molecular formula is C20H16N4O. The Labute approximate surface area is 144 Å². The summed E-state index contributed by atoms with van der Waals surface area (Å²) in [6.07, 6.45) is 6.87. The zero-order valence-electron chi connectivity index (χ0n) is 13.7. The van der Waals surface area contributed by atoms with Crippen LogP contribution in [0.4, 0.5) is 5.69 Å². The molecule has 0 radical (unpaired) electrons. The van der Waals surface area contributed by atoms with Gasteiger partial charge in [0.1, 0.15) is 5.65 Å². The SMILES string of the molecule is Cc1cncc(NC(=O)c2c[nH]c3ncc(-c4ccccc4)cc23)c1. The van der Waals surface area contributed by atoms with Crippen LogP contribution in [0.2, 0.25) is 0 Å². The number of aromatic amines is 1. The minimum atomic E-state index is -0.189. The number of fused-ring (bicyclic) bond motifs is 1. The number of benzene rings is 1. The second-order valence-corrected chi connectivity index (χ2v) is 5.89. The molecule has 0 unspecified atom stereocenters. The van der Waals surface area contributed by atoms with Crippen molar-refractivity contribution in [3.63, 3.8) is 0 Å². The number of carbonyl (C=O) groups is 1. The van der Waals surface area contributed by atoms with Crippen molar-refractivity contribution in [2.24, 2.45) is 0 Å². The van der Waals surface area contributed by atoms with Crippen LogP contribution in [0.3, 0.4) is 0 Å². The van der Waals surface area contributed by atoms with E-state index < -0.39 is 0 Å². The van der Waals surface area contributed by atoms with Crippen molar-refractivity contribution in [1.29, 1.82) is 0 Å². The van der Waals surface area contributed by atoms with Gasteiger partial charge in [0, 0.05) is 29.5 Å². The van der Waals surface area contributed by atoms with Crippen LogP contribution in [-0.4, -0.2) is 20.9 Å². The summed E-state index contributed by atoms with van der Waals surface area (Å²) in [6, 6.07) is 13.8. The molecule has 2 N–H and O–H groups in total. The van der Waals surface area contributed by atoms with Gasteiger partial charge in [-0.15, -0.1) is 0 Å². The van der Waals surface area contributed by atoms with Crippen LogP contribution in [0.15, 0.2) is 67.3 Å². The number of nitrogens with one attached hydrogen (secondary N) is 2. The number of anilines is 1. The van der Waals surface area contributed by atoms with Gasteiger partial charge in [-0.2, -0.15) is 0 Å². The van der Waals surface area contributed by atoms with Gasteiger partial charge in [0.05, 0.1) is 17.4 Å². The molecule has 0 aliphatic heterocycles. The third-order valence-electron chi connectivity index (χ3n) is 4.02. The van der Waals surface area contributed by atoms with Gasteiger partial charge >= 0.3 is 0 Å². The third-order valence-corrected chi connectivity index (χ3v) is 4.02. The molecule has 4 rings (SSSR count). The summed E-state index contributed by atoms with van der Waals surface area (Å²) in [7, 11) is 0. The number of amides is 1. The van der Waals surface area contributed by atoms with Gasteiger partial charge in [-0.05, 0) is 30.2 Å². The Hall–Kier alpha value is -3.47. The van der Waals surface area contributed by atoms with E-state index in [9.17, 15) is 4.79 Å². The van der Waals surface area contributed by atoms with Crippen LogP contribution in [0, 0.1) is 6.92 Å². The molecule has 5 nitrogen and oxygen atoms in total. The van der Waals surface area contributed by atoms with Gasteiger partial charge in [0.25, 0.3) is 5.91 Å². The predicted octanol–water partition coefficient (Wildman–Crippen LogP) is 4.19. The first-order valence-electron chi connectivity index (χ1n) is 7.96. The zero-order chi connectivity index (χ0) is 17.2. The van der Waals surface area contributed by atoms with E-state index in [0.29, 0.717) is 16.9 Å². The molecule has 0 atom stereocenters. The maximum Gasteiger partial charge on any atom is 0.257 e. The van der Waals surface area contributed by atoms with Crippen LogP contribution < -0.4 is 5.32 Å². The van der Waals surface area contributed by atoms with E-state index in [-0.39, 0.29) is 5.91 Å². The number of hydrogen-bond acceptors (Lipinski definition) is 3. The molecule has 0 aliphatic rings. The number of pyridine rings is 2. The molecule has 0 bridgehead atoms. The van der Waals surface area contributed by atoms with Gasteiger partial charge in [0.15, 0.2) is 0 Å². The van der Waals surface area contributed by atoms with Crippen LogP contribution in [0.1, 0.15) is 15.9 Å². The molecular weight excluding hydrogens is 312 g/mol. The van der Waals surface area contributed by atoms with Gasteiger partial charge in [-0.1, -0.05) is 30.3 Å². The molecule has 0 fully saturated rings. The molecule has 0 aliphatic carbocycles. The lowest BCUT2D eigenvalue weighted by Gasteiger charge is -2.05. The number of rotatable bonds is 3. The number of aryl methyl sites for hydroxylation is 1. The molecule has 1 aromatic carbocycles. The molecule has 0 spiro atoms. The molecule has 3 heterocycles. The topological polar surface area (TPSA) is 70.7 Å². The van der Waals surface area contributed by atoms with Crippen molar-refractivity contribution < 1.29 is 4.79 Å². The monoisotopic (exact) mass is 328 g/mol. The lowest BCUT2D eigenvalue weighted by Crippen LogP contribution is -2.11. The smallest absolute Gasteiger partial charge is 0.257 e. The van der Waals surface area contributed by atoms with E-state index in [1.54, 1.807) is 24.8 Å². The van der Waals surface area contributed by atoms with Gasteiger partial charge in [-0.25, -0.2) is 4.98 Å². The highest BCUT2D eigenvalue weighted by Gasteiger charge is 2.14. The Balaban J connectivity index is 1.71. The van der Waals surface area contributed by atoms with E-state index in [1.807, 2.05) is 49.4 Å². The summed E-state index contributed by atoms with van der Waals surface area (Å²) in [5, 5.41) is 3.68. The minimum absolute atomic E-state index is 0.189. The fraction of sp³-hybridized carbons (Fsp3) is 0.0500. The standard InChI is InChI=1S/C20H16N4O/c1-13-7-16(11-21-9-13)24-20(25)18-12-23-19-17(18)8-15(10-22-19)14-5-3-2-4-6-14/h2-12H,1H3,(H,22,23)(H,24,25). The van der Waals surface area contributed by atoms with Crippen molar-refractivity contribution >= 4 is 22.6 Å². The van der Waals surface area contributed by atoms with E-state index in [4.69, 9.17) is 0 Å². The van der Waals surface area contributed by atoms with Gasteiger partial charge in [0.2, 0.25) is 0 Å². The molecule has 4 aromatic rings. The minimum Gasteiger partial charge on any atom is -0.345 e. The number of aromatic nitrogens is 3. The summed E-state index contributed by atoms with van der Waals surface area (Å²) >= 11 is 0. The second kappa shape index (κ2) is 6.20. The van der Waals surface area contributed by atoms with E-state index >= 15 is 0 Å². The molecule has 25 heavy (non-hydrogen) atoms. The van der Waals surface area contributed by atoms with E-state index in [1.165, 1.54) is 0 Å². The molecule has 5 heteroatoms. The number of nitrogens with zero attached hydrogens (tertiary/aromatic N) is 2. The maximum atomic E-state index is 12.7. The number of hydrogen-bond donors (Lipinski definition) is 2. The van der Waals surface area contributed by atoms with Crippen LogP contribution in [-0.2, 0) is 0 Å². The quantitative estimate of drug-likeness (QED) is 0.592. The van der Waals surface area contributed by atoms with Crippen LogP contribution in [0.5, 0.6) is 0 Å². The highest BCUT2D eigenvalue weighted by molar-refractivity contribution is 6.12. The number of carbonyl (C=O) groups excluding carboxylic acids is 1. The van der Waals surface area contributed by atoms with Crippen molar-refractivity contribution in [3.8, 4) is 11.1 Å². The first-order valence-corrected chi connectivity index (χ1v) is 7.96. The Kier molecular flexibility index (Phi) is 3.74. The predicted molar refractivity (Wildman–Crippen MR) is 98.5 cm³/mol. The maximum absolute atomic E-state index is 12.7. The summed E-state index contributed by atoms with van der Waals surface area (Å²) in [6.45, 7) is 1.93. The van der Waals surface area contributed by atoms with Crippen LogP contribution in [0.25, 0.3) is 22.2 Å². The molecule has 1 amide bonds. The van der Waals surface area contributed by atoms with Crippen LogP contribution >= 0.6 is 0 Å². The Morgan fingerprint density at radius 3 is 2.68 bits per heavy atom. The second-order valence-electron chi connectivity index (χ2n) is 5.89. The molecule has 0 saturated carbocycles. The van der Waals surface area contributed by atoms with Crippen molar-refractivity contribution in [2.45, 2.75) is 6.92 Å². The number of H-pyrrole nitrogens is 1. The third kappa shape index (κ3) is 2.99. The Morgan fingerprint density at radius 2 is 1.88 bits per heavy atom. The Bertz CT molecular complexity index is 1050. The van der Waals surface area contributed by atoms with Gasteiger partial charge in [-0.3, -0.25) is 9.78 Å². The molecule has 122 valence electrons. The summed E-state index contributed by atoms with van der Waals surface area (Å²) in [5.74, 6) is -0.189. The van der Waals surface area contributed by atoms with Crippen molar-refractivity contribution in [2.75, 3.05) is 5.32 Å². The summed E-state index contributed by atoms with van der Waals surface area (Å²) < 4.78 is 0. The largest absolute Gasteiger partial charge is 0.345 e. The van der Waals surface area contributed by atoms with Crippen molar-refractivity contribution in [1.82, 2.24) is 15.0 Å². The zero-order valence-corrected chi connectivity index (χ0v) is 13.7. The first kappa shape index (κ1) is 15.1. The average Bonchev–Trinajstić information content (AvgIpc) is 3.06. The fourth-order valence-corrected chi connectivity index (χ4v) is 2.80. The van der Waals surface area contributed by atoms with Gasteiger partial charge < -0.3 is 10.3 Å². The summed E-state index contributed by atoms with van der Waals surface area (Å²) in [4.78, 5) is 24.3. The lowest BCUT2D eigenvalue weighted by atomic mass is 10.1. The lowest BCUT2D eigenvalue weighted by molar-refractivity contribution is 0.102. The Morgan fingerprint density at radius 1 is 1.04 bits per heavy atom. The highest BCUT2D eigenvalue weighted by atomic mass is 16.1. The first-order chi connectivity index (χ1) is 12.2.